The fourth-order valence-electron chi connectivity index (χ4n) is 5.34. The summed E-state index contributed by atoms with van der Waals surface area (Å²) in [5.41, 5.74) is 6.73. The van der Waals surface area contributed by atoms with Crippen molar-refractivity contribution >= 4 is 56.8 Å². The van der Waals surface area contributed by atoms with Crippen LogP contribution >= 0.6 is 0 Å². The first-order valence-corrected chi connectivity index (χ1v) is 13.9. The van der Waals surface area contributed by atoms with E-state index in [4.69, 9.17) is 13.5 Å². The molecule has 1 N–H and O–H groups in total. The Bertz CT molecular complexity index is 2060. The Morgan fingerprint density at radius 3 is 1.83 bits per heavy atom. The third-order valence-electron chi connectivity index (χ3n) is 8.42. The zero-order valence-electron chi connectivity index (χ0n) is 23.6. The maximum atomic E-state index is 10.6. The predicted molar refractivity (Wildman–Crippen MR) is 169 cm³/mol. The highest BCUT2D eigenvalue weighted by atomic mass is 16.5. The third-order valence-corrected chi connectivity index (χ3v) is 8.42. The maximum Gasteiger partial charge on any atom is 0.331 e. The number of rotatable bonds is 6. The smallest absolute Gasteiger partial charge is 0.331 e. The summed E-state index contributed by atoms with van der Waals surface area (Å²) < 4.78 is 18.9. The molecule has 2 heterocycles. The molecule has 0 aliphatic heterocycles. The number of hydrogen-bond donors (Lipinski definition) is 1. The normalized spacial score (nSPS) is 12.6. The average Bonchev–Trinajstić information content (AvgIpc) is 3.55. The van der Waals surface area contributed by atoms with Gasteiger partial charge < -0.3 is 18.6 Å². The minimum Gasteiger partial charge on any atom is -0.455 e. The number of para-hydroxylation sites is 3. The predicted octanol–water partition coefficient (Wildman–Crippen LogP) is 8.63. The van der Waals surface area contributed by atoms with Gasteiger partial charge in [-0.3, -0.25) is 0 Å². The average molecular weight is 537 g/mol. The highest BCUT2D eigenvalue weighted by molar-refractivity contribution is 6.53. The van der Waals surface area contributed by atoms with Crippen molar-refractivity contribution in [1.29, 1.82) is 0 Å². The fraction of sp³-hybridized carbons (Fsp3) is 0.167. The van der Waals surface area contributed by atoms with Crippen molar-refractivity contribution in [1.82, 2.24) is 0 Å². The minimum atomic E-state index is -1.02. The van der Waals surface area contributed by atoms with Crippen molar-refractivity contribution in [3.8, 4) is 22.3 Å². The van der Waals surface area contributed by atoms with E-state index in [9.17, 15) is 5.11 Å². The van der Waals surface area contributed by atoms with E-state index in [1.807, 2.05) is 50.2 Å². The van der Waals surface area contributed by atoms with Gasteiger partial charge >= 0.3 is 7.48 Å². The molecule has 0 bridgehead atoms. The molecule has 0 saturated heterocycles. The largest absolute Gasteiger partial charge is 0.455 e. The molecule has 41 heavy (non-hydrogen) atoms. The molecule has 5 aromatic carbocycles. The molecule has 5 heteroatoms. The summed E-state index contributed by atoms with van der Waals surface area (Å²) in [6, 6.07) is 35.2. The molecule has 201 valence electrons. The van der Waals surface area contributed by atoms with E-state index >= 15 is 0 Å². The number of aliphatic hydroxyl groups is 1. The maximum absolute atomic E-state index is 10.6. The molecule has 0 atom stereocenters. The zero-order chi connectivity index (χ0) is 28.4. The highest BCUT2D eigenvalue weighted by Crippen LogP contribution is 2.38. The molecule has 1 radical (unpaired) electrons. The van der Waals surface area contributed by atoms with E-state index in [2.05, 4.69) is 66.7 Å². The van der Waals surface area contributed by atoms with Crippen molar-refractivity contribution in [3.05, 3.63) is 103 Å². The van der Waals surface area contributed by atoms with Crippen LogP contribution in [0.4, 0.5) is 0 Å². The van der Waals surface area contributed by atoms with Crippen LogP contribution in [0.2, 0.25) is 0 Å². The number of fused-ring (bicyclic) bond motifs is 6. The van der Waals surface area contributed by atoms with Gasteiger partial charge in [0.25, 0.3) is 0 Å². The van der Waals surface area contributed by atoms with E-state index in [-0.39, 0.29) is 0 Å². The number of benzene rings is 5. The standard InChI is InChI=1S/C36H30BO4/c1-35(2,38)36(3,4)41-37-29-21-20-25(34-32(29)28-11-6-8-15-31(28)40-34)23-18-16-22(17-19-23)24-12-9-13-27-26-10-5-7-14-30(26)39-33(24)27/h5-21,38H,1-4H3. The Balaban J connectivity index is 1.31. The molecule has 7 rings (SSSR count). The molecule has 0 spiro atoms. The summed E-state index contributed by atoms with van der Waals surface area (Å²) in [7, 11) is 1.74. The summed E-state index contributed by atoms with van der Waals surface area (Å²) in [6.45, 7) is 7.28. The number of furan rings is 2. The summed E-state index contributed by atoms with van der Waals surface area (Å²) in [5, 5.41) is 14.8. The lowest BCUT2D eigenvalue weighted by molar-refractivity contribution is -0.0893. The Morgan fingerprint density at radius 2 is 1.15 bits per heavy atom. The zero-order valence-corrected chi connectivity index (χ0v) is 23.6. The van der Waals surface area contributed by atoms with Crippen molar-refractivity contribution in [2.75, 3.05) is 0 Å². The van der Waals surface area contributed by atoms with Crippen LogP contribution in [-0.4, -0.2) is 23.8 Å². The SMILES string of the molecule is CC(C)(O)C(C)(C)O[B]c1ccc(-c2ccc(-c3cccc4c3oc3ccccc34)cc2)c2oc3ccccc3c12. The van der Waals surface area contributed by atoms with Gasteiger partial charge in [0, 0.05) is 32.7 Å². The Labute approximate surface area is 239 Å². The van der Waals surface area contributed by atoms with E-state index in [0.717, 1.165) is 71.6 Å². The van der Waals surface area contributed by atoms with Gasteiger partial charge in [-0.05, 0) is 56.4 Å². The van der Waals surface area contributed by atoms with E-state index in [1.54, 1.807) is 21.3 Å². The van der Waals surface area contributed by atoms with Crippen LogP contribution in [0.25, 0.3) is 66.1 Å². The molecule has 0 saturated carbocycles. The van der Waals surface area contributed by atoms with Crippen molar-refractivity contribution in [3.63, 3.8) is 0 Å². The van der Waals surface area contributed by atoms with Crippen LogP contribution in [0.3, 0.4) is 0 Å². The highest BCUT2D eigenvalue weighted by Gasteiger charge is 2.36. The van der Waals surface area contributed by atoms with Gasteiger partial charge in [-0.2, -0.15) is 0 Å². The quantitative estimate of drug-likeness (QED) is 0.216. The number of hydrogen-bond acceptors (Lipinski definition) is 4. The van der Waals surface area contributed by atoms with Crippen LogP contribution in [0, 0.1) is 0 Å². The first kappa shape index (κ1) is 25.6. The molecule has 0 aliphatic rings. The van der Waals surface area contributed by atoms with Crippen LogP contribution in [0.15, 0.2) is 112 Å². The van der Waals surface area contributed by atoms with Gasteiger partial charge in [-0.15, -0.1) is 0 Å². The summed E-state index contributed by atoms with van der Waals surface area (Å²) in [6.07, 6.45) is 0. The summed E-state index contributed by atoms with van der Waals surface area (Å²) in [4.78, 5) is 0. The fourth-order valence-corrected chi connectivity index (χ4v) is 5.34. The molecule has 7 aromatic rings. The third kappa shape index (κ3) is 4.24. The lowest BCUT2D eigenvalue weighted by atomic mass is 9.79. The lowest BCUT2D eigenvalue weighted by Gasteiger charge is -2.37. The molecule has 0 fully saturated rings. The molecular formula is C36H30BO4. The van der Waals surface area contributed by atoms with Crippen LogP contribution < -0.4 is 5.46 Å². The molecule has 0 amide bonds. The molecule has 0 aliphatic carbocycles. The second-order valence-electron chi connectivity index (χ2n) is 11.7. The van der Waals surface area contributed by atoms with Crippen LogP contribution in [0.1, 0.15) is 27.7 Å². The van der Waals surface area contributed by atoms with E-state index in [1.165, 1.54) is 0 Å². The van der Waals surface area contributed by atoms with Gasteiger partial charge in [0.05, 0.1) is 11.2 Å². The van der Waals surface area contributed by atoms with Gasteiger partial charge in [-0.1, -0.05) is 91.0 Å². The molecule has 2 aromatic heterocycles. The molecule has 4 nitrogen and oxygen atoms in total. The van der Waals surface area contributed by atoms with Gasteiger partial charge in [-0.25, -0.2) is 0 Å². The topological polar surface area (TPSA) is 55.7 Å². The molecule has 0 unspecified atom stereocenters. The summed E-state index contributed by atoms with van der Waals surface area (Å²) in [5.74, 6) is 0. The van der Waals surface area contributed by atoms with Crippen LogP contribution in [0.5, 0.6) is 0 Å². The summed E-state index contributed by atoms with van der Waals surface area (Å²) >= 11 is 0. The Kier molecular flexibility index (Phi) is 5.86. The van der Waals surface area contributed by atoms with E-state index in [0.29, 0.717) is 0 Å². The minimum absolute atomic E-state index is 0.782. The Hall–Kier alpha value is -4.32. The molecular weight excluding hydrogens is 507 g/mol. The first-order chi connectivity index (χ1) is 19.7. The van der Waals surface area contributed by atoms with Crippen molar-refractivity contribution in [2.45, 2.75) is 38.9 Å². The first-order valence-electron chi connectivity index (χ1n) is 13.9. The second-order valence-corrected chi connectivity index (χ2v) is 11.7. The van der Waals surface area contributed by atoms with Crippen molar-refractivity contribution in [2.24, 2.45) is 0 Å². The van der Waals surface area contributed by atoms with Gasteiger partial charge in [0.2, 0.25) is 0 Å². The monoisotopic (exact) mass is 537 g/mol. The Morgan fingerprint density at radius 1 is 0.585 bits per heavy atom. The lowest BCUT2D eigenvalue weighted by Crippen LogP contribution is -2.49. The van der Waals surface area contributed by atoms with Crippen molar-refractivity contribution < 1.29 is 18.6 Å². The van der Waals surface area contributed by atoms with Gasteiger partial charge in [0.15, 0.2) is 0 Å². The van der Waals surface area contributed by atoms with E-state index < -0.39 is 11.2 Å². The van der Waals surface area contributed by atoms with Crippen LogP contribution in [-0.2, 0) is 4.65 Å². The second kappa shape index (κ2) is 9.37. The van der Waals surface area contributed by atoms with Gasteiger partial charge in [0.1, 0.15) is 22.3 Å².